The van der Waals surface area contributed by atoms with E-state index in [9.17, 15) is 9.59 Å². The summed E-state index contributed by atoms with van der Waals surface area (Å²) in [4.78, 5) is 24.3. The van der Waals surface area contributed by atoms with Crippen molar-refractivity contribution in [3.05, 3.63) is 34.2 Å². The van der Waals surface area contributed by atoms with Crippen molar-refractivity contribution in [2.24, 2.45) is 5.84 Å². The maximum absolute atomic E-state index is 10.9. The molecular weight excluding hydrogens is 146 g/mol. The third-order valence-electron chi connectivity index (χ3n) is 1.20. The van der Waals surface area contributed by atoms with E-state index in [2.05, 4.69) is 4.98 Å². The summed E-state index contributed by atoms with van der Waals surface area (Å²) in [5.74, 6) is 4.23. The molecule has 0 saturated heterocycles. The summed E-state index contributed by atoms with van der Waals surface area (Å²) in [6.07, 6.45) is 2.74. The second kappa shape index (κ2) is 2.98. The number of aromatic nitrogens is 1. The Morgan fingerprint density at radius 2 is 2.36 bits per heavy atom. The lowest BCUT2D eigenvalue weighted by Gasteiger charge is -1.95. The van der Waals surface area contributed by atoms with Crippen LogP contribution in [0, 0.1) is 0 Å². The van der Waals surface area contributed by atoms with E-state index in [1.807, 2.05) is 5.43 Å². The smallest absolute Gasteiger partial charge is 0.270 e. The Kier molecular flexibility index (Phi) is 2.03. The number of aromatic amines is 1. The van der Waals surface area contributed by atoms with Crippen LogP contribution in [0.15, 0.2) is 23.3 Å². The molecule has 1 aromatic heterocycles. The molecule has 58 valence electrons. The van der Waals surface area contributed by atoms with Gasteiger partial charge in [-0.25, -0.2) is 5.84 Å². The number of hydrogen-bond acceptors (Lipinski definition) is 3. The van der Waals surface area contributed by atoms with Crippen LogP contribution in [0.2, 0.25) is 0 Å². The molecule has 0 saturated carbocycles. The number of hydrogen-bond donors (Lipinski definition) is 3. The summed E-state index contributed by atoms with van der Waals surface area (Å²) in [7, 11) is 0. The number of nitrogens with two attached hydrogens (primary N) is 1. The molecule has 1 rings (SSSR count). The third-order valence-corrected chi connectivity index (χ3v) is 1.20. The first-order chi connectivity index (χ1) is 5.25. The minimum atomic E-state index is -0.591. The van der Waals surface area contributed by atoms with Crippen LogP contribution in [0.4, 0.5) is 0 Å². The Morgan fingerprint density at radius 3 is 2.91 bits per heavy atom. The molecular formula is C6H7N3O2. The first-order valence-electron chi connectivity index (χ1n) is 2.93. The van der Waals surface area contributed by atoms with Crippen LogP contribution >= 0.6 is 0 Å². The second-order valence-electron chi connectivity index (χ2n) is 1.90. The van der Waals surface area contributed by atoms with Crippen molar-refractivity contribution in [2.75, 3.05) is 0 Å². The van der Waals surface area contributed by atoms with Crippen LogP contribution in [0.5, 0.6) is 0 Å². The number of carbonyl (C=O) groups excluding carboxylic acids is 1. The Labute approximate surface area is 62.2 Å². The lowest BCUT2D eigenvalue weighted by Crippen LogP contribution is -2.33. The van der Waals surface area contributed by atoms with Gasteiger partial charge in [-0.1, -0.05) is 0 Å². The number of nitrogen functional groups attached to an aromatic ring is 1. The molecule has 11 heavy (non-hydrogen) atoms. The number of amides is 1. The van der Waals surface area contributed by atoms with E-state index in [-0.39, 0.29) is 11.0 Å². The van der Waals surface area contributed by atoms with Crippen molar-refractivity contribution in [1.29, 1.82) is 0 Å². The van der Waals surface area contributed by atoms with Crippen LogP contribution < -0.4 is 16.7 Å². The molecule has 1 heterocycles. The van der Waals surface area contributed by atoms with E-state index in [4.69, 9.17) is 5.84 Å². The highest BCUT2D eigenvalue weighted by Gasteiger charge is 2.05. The standard InChI is InChI=1S/C6H7N3O2/c7-9-6(11)4-3-8-2-1-5(4)10/h1-3H,7H2,(H,8,10)(H,9,11). The van der Waals surface area contributed by atoms with Crippen LogP contribution in [0.1, 0.15) is 10.4 Å². The van der Waals surface area contributed by atoms with Gasteiger partial charge in [0, 0.05) is 18.5 Å². The molecule has 5 heteroatoms. The van der Waals surface area contributed by atoms with Gasteiger partial charge in [-0.05, 0) is 0 Å². The van der Waals surface area contributed by atoms with E-state index in [1.165, 1.54) is 18.5 Å². The zero-order valence-corrected chi connectivity index (χ0v) is 5.63. The summed E-state index contributed by atoms with van der Waals surface area (Å²) in [6.45, 7) is 0. The Morgan fingerprint density at radius 1 is 1.64 bits per heavy atom. The number of rotatable bonds is 1. The number of hydrazine groups is 1. The minimum Gasteiger partial charge on any atom is -0.367 e. The lowest BCUT2D eigenvalue weighted by molar-refractivity contribution is 0.0952. The van der Waals surface area contributed by atoms with E-state index >= 15 is 0 Å². The van der Waals surface area contributed by atoms with Gasteiger partial charge in [0.2, 0.25) is 0 Å². The second-order valence-corrected chi connectivity index (χ2v) is 1.90. The van der Waals surface area contributed by atoms with Crippen molar-refractivity contribution in [3.63, 3.8) is 0 Å². The Hall–Kier alpha value is -1.62. The third kappa shape index (κ3) is 1.44. The van der Waals surface area contributed by atoms with Crippen LogP contribution in [0.25, 0.3) is 0 Å². The first kappa shape index (κ1) is 7.49. The van der Waals surface area contributed by atoms with Crippen molar-refractivity contribution in [1.82, 2.24) is 10.4 Å². The molecule has 5 nitrogen and oxygen atoms in total. The van der Waals surface area contributed by atoms with Crippen LogP contribution in [0.3, 0.4) is 0 Å². The van der Waals surface area contributed by atoms with Crippen molar-refractivity contribution >= 4 is 5.91 Å². The lowest BCUT2D eigenvalue weighted by atomic mass is 10.3. The molecule has 1 aromatic rings. The SMILES string of the molecule is NNC(=O)c1c[nH]ccc1=O. The summed E-state index contributed by atoms with van der Waals surface area (Å²) >= 11 is 0. The fraction of sp³-hybridized carbons (Fsp3) is 0. The average molecular weight is 153 g/mol. The predicted octanol–water partition coefficient (Wildman–Crippen LogP) is -1.02. The topological polar surface area (TPSA) is 88.0 Å². The van der Waals surface area contributed by atoms with Crippen molar-refractivity contribution in [3.8, 4) is 0 Å². The molecule has 0 aliphatic heterocycles. The van der Waals surface area contributed by atoms with Gasteiger partial charge >= 0.3 is 0 Å². The maximum Gasteiger partial charge on any atom is 0.270 e. The summed E-state index contributed by atoms with van der Waals surface area (Å²) in [5.41, 5.74) is 1.52. The molecule has 0 aliphatic rings. The molecule has 0 radical (unpaired) electrons. The van der Waals surface area contributed by atoms with Crippen LogP contribution in [-0.4, -0.2) is 10.9 Å². The van der Waals surface area contributed by atoms with E-state index in [0.29, 0.717) is 0 Å². The summed E-state index contributed by atoms with van der Waals surface area (Å²) in [5, 5.41) is 0. The molecule has 4 N–H and O–H groups in total. The average Bonchev–Trinajstić information content (AvgIpc) is 2.04. The first-order valence-corrected chi connectivity index (χ1v) is 2.93. The van der Waals surface area contributed by atoms with Crippen molar-refractivity contribution < 1.29 is 4.79 Å². The molecule has 0 unspecified atom stereocenters. The highest BCUT2D eigenvalue weighted by Crippen LogP contribution is 1.84. The maximum atomic E-state index is 10.9. The van der Waals surface area contributed by atoms with Gasteiger partial charge in [0.1, 0.15) is 5.56 Å². The van der Waals surface area contributed by atoms with Gasteiger partial charge in [-0.2, -0.15) is 0 Å². The molecule has 0 bridgehead atoms. The van der Waals surface area contributed by atoms with Gasteiger partial charge < -0.3 is 4.98 Å². The number of nitrogens with one attached hydrogen (secondary N) is 2. The highest BCUT2D eigenvalue weighted by molar-refractivity contribution is 5.93. The zero-order valence-electron chi connectivity index (χ0n) is 5.63. The quantitative estimate of drug-likeness (QED) is 0.274. The normalized spacial score (nSPS) is 9.18. The van der Waals surface area contributed by atoms with Crippen molar-refractivity contribution in [2.45, 2.75) is 0 Å². The van der Waals surface area contributed by atoms with E-state index in [0.717, 1.165) is 0 Å². The Balaban J connectivity index is 3.14. The van der Waals surface area contributed by atoms with Crippen LogP contribution in [-0.2, 0) is 0 Å². The molecule has 0 aromatic carbocycles. The molecule has 0 aliphatic carbocycles. The fourth-order valence-electron chi connectivity index (χ4n) is 0.671. The summed E-state index contributed by atoms with van der Waals surface area (Å²) in [6, 6.07) is 1.25. The fourth-order valence-corrected chi connectivity index (χ4v) is 0.671. The summed E-state index contributed by atoms with van der Waals surface area (Å²) < 4.78 is 0. The zero-order chi connectivity index (χ0) is 8.27. The predicted molar refractivity (Wildman–Crippen MR) is 38.7 cm³/mol. The van der Waals surface area contributed by atoms with Gasteiger partial charge in [-0.15, -0.1) is 0 Å². The monoisotopic (exact) mass is 153 g/mol. The molecule has 1 amide bonds. The minimum absolute atomic E-state index is 0.00926. The molecule has 0 fully saturated rings. The van der Waals surface area contributed by atoms with Gasteiger partial charge in [0.25, 0.3) is 5.91 Å². The van der Waals surface area contributed by atoms with Gasteiger partial charge in [0.15, 0.2) is 5.43 Å². The largest absolute Gasteiger partial charge is 0.367 e. The molecule has 0 atom stereocenters. The number of pyridine rings is 1. The van der Waals surface area contributed by atoms with Gasteiger partial charge in [-0.3, -0.25) is 15.0 Å². The highest BCUT2D eigenvalue weighted by atomic mass is 16.2. The van der Waals surface area contributed by atoms with E-state index in [1.54, 1.807) is 0 Å². The molecule has 0 spiro atoms. The Bertz CT molecular complexity index is 318. The van der Waals surface area contributed by atoms with E-state index < -0.39 is 5.91 Å². The number of carbonyl (C=O) groups is 1. The number of H-pyrrole nitrogens is 1. The van der Waals surface area contributed by atoms with Gasteiger partial charge in [0.05, 0.1) is 0 Å².